The van der Waals surface area contributed by atoms with Gasteiger partial charge in [0.05, 0.1) is 12.5 Å². The minimum absolute atomic E-state index is 0.0966. The zero-order valence-corrected chi connectivity index (χ0v) is 16.3. The largest absolute Gasteiger partial charge is 0.449 e. The summed E-state index contributed by atoms with van der Waals surface area (Å²) in [7, 11) is 0. The number of hydrogen-bond donors (Lipinski definition) is 0. The van der Waals surface area contributed by atoms with Crippen LogP contribution in [0, 0.1) is 5.92 Å². The van der Waals surface area contributed by atoms with Gasteiger partial charge in [0.25, 0.3) is 0 Å². The standard InChI is InChI=1S/C21H32N2O3/c1-4-9-19(18-10-6-5-7-11-18)20(24)22-12-8-13-23(15-14-22)21(25)26-16-17(2)3/h5-7,10-11,17,19H,4,8-9,12-16H2,1-3H3. The molecule has 1 aliphatic rings. The molecule has 144 valence electrons. The molecule has 1 atom stereocenters. The predicted octanol–water partition coefficient (Wildman–Crippen LogP) is 3.90. The SMILES string of the molecule is CCCC(C(=O)N1CCCN(C(=O)OCC(C)C)CC1)c1ccccc1. The first-order valence-electron chi connectivity index (χ1n) is 9.78. The summed E-state index contributed by atoms with van der Waals surface area (Å²) in [4.78, 5) is 29.0. The Balaban J connectivity index is 1.98. The van der Waals surface area contributed by atoms with Gasteiger partial charge < -0.3 is 14.5 Å². The zero-order chi connectivity index (χ0) is 18.9. The monoisotopic (exact) mass is 360 g/mol. The van der Waals surface area contributed by atoms with E-state index in [0.717, 1.165) is 24.8 Å². The minimum Gasteiger partial charge on any atom is -0.449 e. The minimum atomic E-state index is -0.263. The van der Waals surface area contributed by atoms with Crippen molar-refractivity contribution >= 4 is 12.0 Å². The summed E-state index contributed by atoms with van der Waals surface area (Å²) in [5, 5.41) is 0. The maximum Gasteiger partial charge on any atom is 0.409 e. The fraction of sp³-hybridized carbons (Fsp3) is 0.619. The lowest BCUT2D eigenvalue weighted by Crippen LogP contribution is -2.39. The summed E-state index contributed by atoms with van der Waals surface area (Å²) in [5.41, 5.74) is 1.08. The Kier molecular flexibility index (Phi) is 7.95. The molecule has 1 unspecified atom stereocenters. The number of carbonyl (C=O) groups excluding carboxylic acids is 2. The number of amides is 2. The molecule has 0 radical (unpaired) electrons. The molecule has 0 spiro atoms. The fourth-order valence-corrected chi connectivity index (χ4v) is 3.28. The molecule has 1 saturated heterocycles. The van der Waals surface area contributed by atoms with Gasteiger partial charge in [-0.3, -0.25) is 4.79 Å². The number of nitrogens with zero attached hydrogens (tertiary/aromatic N) is 2. The number of hydrogen-bond acceptors (Lipinski definition) is 3. The number of ether oxygens (including phenoxy) is 1. The van der Waals surface area contributed by atoms with E-state index in [4.69, 9.17) is 4.74 Å². The highest BCUT2D eigenvalue weighted by Gasteiger charge is 2.28. The highest BCUT2D eigenvalue weighted by atomic mass is 16.6. The molecule has 0 saturated carbocycles. The smallest absolute Gasteiger partial charge is 0.409 e. The van der Waals surface area contributed by atoms with Gasteiger partial charge in [0.2, 0.25) is 5.91 Å². The Morgan fingerprint density at radius 2 is 1.69 bits per heavy atom. The molecule has 0 bridgehead atoms. The van der Waals surface area contributed by atoms with Crippen LogP contribution < -0.4 is 0 Å². The molecule has 0 N–H and O–H groups in total. The van der Waals surface area contributed by atoms with E-state index in [0.29, 0.717) is 38.7 Å². The quantitative estimate of drug-likeness (QED) is 0.773. The van der Waals surface area contributed by atoms with Gasteiger partial charge in [-0.2, -0.15) is 0 Å². The molecule has 5 nitrogen and oxygen atoms in total. The Hall–Kier alpha value is -2.04. The third-order valence-corrected chi connectivity index (χ3v) is 4.68. The molecule has 2 rings (SSSR count). The second kappa shape index (κ2) is 10.2. The van der Waals surface area contributed by atoms with Crippen molar-refractivity contribution in [3.05, 3.63) is 35.9 Å². The van der Waals surface area contributed by atoms with E-state index >= 15 is 0 Å². The lowest BCUT2D eigenvalue weighted by atomic mass is 9.93. The Bertz CT molecular complexity index is 574. The number of rotatable bonds is 6. The summed E-state index contributed by atoms with van der Waals surface area (Å²) in [5.74, 6) is 0.403. The molecule has 0 aliphatic carbocycles. The molecule has 1 heterocycles. The van der Waals surface area contributed by atoms with E-state index in [-0.39, 0.29) is 17.9 Å². The summed E-state index contributed by atoms with van der Waals surface area (Å²) in [6.45, 7) is 9.03. The van der Waals surface area contributed by atoms with Gasteiger partial charge in [-0.05, 0) is 24.3 Å². The molecule has 5 heteroatoms. The molecular weight excluding hydrogens is 328 g/mol. The van der Waals surface area contributed by atoms with Gasteiger partial charge in [0, 0.05) is 26.2 Å². The summed E-state index contributed by atoms with van der Waals surface area (Å²) < 4.78 is 5.33. The molecule has 2 amide bonds. The van der Waals surface area contributed by atoms with Crippen LogP contribution in [0.1, 0.15) is 51.5 Å². The second-order valence-electron chi connectivity index (χ2n) is 7.39. The number of carbonyl (C=O) groups is 2. The van der Waals surface area contributed by atoms with Crippen LogP contribution in [0.3, 0.4) is 0 Å². The Labute approximate surface area is 157 Å². The highest BCUT2D eigenvalue weighted by molar-refractivity contribution is 5.84. The van der Waals surface area contributed by atoms with Gasteiger partial charge in [-0.25, -0.2) is 4.79 Å². The van der Waals surface area contributed by atoms with Crippen LogP contribution >= 0.6 is 0 Å². The van der Waals surface area contributed by atoms with Crippen molar-refractivity contribution in [1.29, 1.82) is 0 Å². The maximum absolute atomic E-state index is 13.1. The zero-order valence-electron chi connectivity index (χ0n) is 16.3. The van der Waals surface area contributed by atoms with E-state index in [1.54, 1.807) is 4.90 Å². The van der Waals surface area contributed by atoms with Crippen molar-refractivity contribution in [3.8, 4) is 0 Å². The first-order valence-corrected chi connectivity index (χ1v) is 9.78. The van der Waals surface area contributed by atoms with Crippen LogP contribution in [0.25, 0.3) is 0 Å². The van der Waals surface area contributed by atoms with Gasteiger partial charge >= 0.3 is 6.09 Å². The predicted molar refractivity (Wildman–Crippen MR) is 103 cm³/mol. The van der Waals surface area contributed by atoms with E-state index in [1.165, 1.54) is 0 Å². The van der Waals surface area contributed by atoms with Gasteiger partial charge in [0.15, 0.2) is 0 Å². The lowest BCUT2D eigenvalue weighted by Gasteiger charge is -2.26. The van der Waals surface area contributed by atoms with Crippen molar-refractivity contribution < 1.29 is 14.3 Å². The summed E-state index contributed by atoms with van der Waals surface area (Å²) >= 11 is 0. The molecule has 1 aromatic carbocycles. The van der Waals surface area contributed by atoms with Crippen LogP contribution in [-0.4, -0.2) is 54.6 Å². The second-order valence-corrected chi connectivity index (χ2v) is 7.39. The average molecular weight is 360 g/mol. The third-order valence-electron chi connectivity index (χ3n) is 4.68. The van der Waals surface area contributed by atoms with Crippen molar-refractivity contribution in [2.75, 3.05) is 32.8 Å². The van der Waals surface area contributed by atoms with Crippen molar-refractivity contribution in [2.24, 2.45) is 5.92 Å². The van der Waals surface area contributed by atoms with Gasteiger partial charge in [-0.15, -0.1) is 0 Å². The maximum atomic E-state index is 13.1. The molecule has 1 aromatic rings. The van der Waals surface area contributed by atoms with Gasteiger partial charge in [-0.1, -0.05) is 57.5 Å². The first kappa shape index (κ1) is 20.3. The third kappa shape index (κ3) is 5.75. The van der Waals surface area contributed by atoms with E-state index in [1.807, 2.05) is 49.1 Å². The molecule has 1 fully saturated rings. The van der Waals surface area contributed by atoms with Crippen LogP contribution in [-0.2, 0) is 9.53 Å². The van der Waals surface area contributed by atoms with E-state index in [9.17, 15) is 9.59 Å². The van der Waals surface area contributed by atoms with Crippen LogP contribution in [0.15, 0.2) is 30.3 Å². The Morgan fingerprint density at radius 1 is 1.04 bits per heavy atom. The first-order chi connectivity index (χ1) is 12.5. The van der Waals surface area contributed by atoms with Crippen LogP contribution in [0.4, 0.5) is 4.79 Å². The fourth-order valence-electron chi connectivity index (χ4n) is 3.28. The summed E-state index contributed by atoms with van der Waals surface area (Å²) in [6.07, 6.45) is 2.34. The molecule has 0 aromatic heterocycles. The lowest BCUT2D eigenvalue weighted by molar-refractivity contribution is -0.132. The van der Waals surface area contributed by atoms with Crippen LogP contribution in [0.2, 0.25) is 0 Å². The number of benzene rings is 1. The van der Waals surface area contributed by atoms with Crippen molar-refractivity contribution in [2.45, 2.75) is 46.0 Å². The van der Waals surface area contributed by atoms with Crippen molar-refractivity contribution in [3.63, 3.8) is 0 Å². The molecular formula is C21H32N2O3. The Morgan fingerprint density at radius 3 is 2.35 bits per heavy atom. The van der Waals surface area contributed by atoms with Crippen molar-refractivity contribution in [1.82, 2.24) is 9.80 Å². The van der Waals surface area contributed by atoms with E-state index < -0.39 is 0 Å². The topological polar surface area (TPSA) is 49.9 Å². The average Bonchev–Trinajstić information content (AvgIpc) is 2.90. The summed E-state index contributed by atoms with van der Waals surface area (Å²) in [6, 6.07) is 10.0. The highest BCUT2D eigenvalue weighted by Crippen LogP contribution is 2.24. The van der Waals surface area contributed by atoms with Gasteiger partial charge in [0.1, 0.15) is 0 Å². The van der Waals surface area contributed by atoms with E-state index in [2.05, 4.69) is 6.92 Å². The van der Waals surface area contributed by atoms with Crippen LogP contribution in [0.5, 0.6) is 0 Å². The molecule has 26 heavy (non-hydrogen) atoms. The normalized spacial score (nSPS) is 16.3. The molecule has 1 aliphatic heterocycles.